The summed E-state index contributed by atoms with van der Waals surface area (Å²) in [6, 6.07) is 8.47. The predicted octanol–water partition coefficient (Wildman–Crippen LogP) is 3.71. The molecule has 1 heterocycles. The van der Waals surface area contributed by atoms with Gasteiger partial charge in [-0.25, -0.2) is 8.42 Å². The van der Waals surface area contributed by atoms with Gasteiger partial charge in [0.25, 0.3) is 0 Å². The van der Waals surface area contributed by atoms with E-state index in [2.05, 4.69) is 5.32 Å². The Morgan fingerprint density at radius 1 is 0.926 bits per heavy atom. The average molecular weight is 393 g/mol. The molecule has 1 aromatic carbocycles. The molecule has 150 valence electrons. The molecular formula is C21H32N2O3S. The minimum Gasteiger partial charge on any atom is -0.354 e. The fourth-order valence-corrected chi connectivity index (χ4v) is 6.02. The molecule has 0 bridgehead atoms. The number of hydrogen-bond donors (Lipinski definition) is 1. The Bertz CT molecular complexity index is 697. The molecule has 2 fully saturated rings. The zero-order valence-corrected chi connectivity index (χ0v) is 16.9. The molecule has 0 aromatic heterocycles. The molecule has 1 saturated heterocycles. The third-order valence-electron chi connectivity index (χ3n) is 5.91. The van der Waals surface area contributed by atoms with Crippen LogP contribution in [0.5, 0.6) is 0 Å². The molecule has 1 atom stereocenters. The maximum Gasteiger partial charge on any atom is 0.243 e. The monoisotopic (exact) mass is 392 g/mol. The Balaban J connectivity index is 1.63. The second kappa shape index (κ2) is 9.69. The van der Waals surface area contributed by atoms with Gasteiger partial charge in [-0.3, -0.25) is 4.79 Å². The van der Waals surface area contributed by atoms with Gasteiger partial charge in [-0.15, -0.1) is 0 Å². The van der Waals surface area contributed by atoms with E-state index in [0.717, 1.165) is 44.9 Å². The van der Waals surface area contributed by atoms with Gasteiger partial charge in [-0.05, 0) is 37.8 Å². The maximum atomic E-state index is 13.0. The highest BCUT2D eigenvalue weighted by atomic mass is 32.2. The molecule has 2 aliphatic rings. The molecule has 5 nitrogen and oxygen atoms in total. The van der Waals surface area contributed by atoms with E-state index in [9.17, 15) is 13.2 Å². The first-order chi connectivity index (χ1) is 13.1. The number of nitrogens with one attached hydrogen (secondary N) is 1. The standard InChI is InChI=1S/C21H32N2O3S/c24-21(18-11-5-2-1-3-6-12-18)22-17-19-13-9-10-16-23(19)27(25,26)20-14-7-4-8-15-20/h4,7-8,14-15,18-19H,1-3,5-6,9-13,16-17H2,(H,22,24). The third-order valence-corrected chi connectivity index (χ3v) is 7.88. The molecule has 1 aliphatic carbocycles. The van der Waals surface area contributed by atoms with E-state index in [-0.39, 0.29) is 17.9 Å². The van der Waals surface area contributed by atoms with Gasteiger partial charge in [0, 0.05) is 25.0 Å². The topological polar surface area (TPSA) is 66.5 Å². The summed E-state index contributed by atoms with van der Waals surface area (Å²) in [7, 11) is -3.51. The summed E-state index contributed by atoms with van der Waals surface area (Å²) < 4.78 is 27.7. The Kier molecular flexibility index (Phi) is 7.30. The van der Waals surface area contributed by atoms with Gasteiger partial charge in [-0.2, -0.15) is 4.31 Å². The van der Waals surface area contributed by atoms with Crippen LogP contribution in [0.4, 0.5) is 0 Å². The molecule has 0 spiro atoms. The number of piperidine rings is 1. The van der Waals surface area contributed by atoms with Crippen molar-refractivity contribution in [1.82, 2.24) is 9.62 Å². The number of nitrogens with zero attached hydrogens (tertiary/aromatic N) is 1. The van der Waals surface area contributed by atoms with Crippen molar-refractivity contribution in [2.45, 2.75) is 75.1 Å². The predicted molar refractivity (Wildman–Crippen MR) is 107 cm³/mol. The molecular weight excluding hydrogens is 360 g/mol. The van der Waals surface area contributed by atoms with Crippen LogP contribution in [-0.4, -0.2) is 37.8 Å². The molecule has 27 heavy (non-hydrogen) atoms. The van der Waals surface area contributed by atoms with E-state index in [0.29, 0.717) is 18.0 Å². The van der Waals surface area contributed by atoms with Crippen molar-refractivity contribution in [1.29, 1.82) is 0 Å². The summed E-state index contributed by atoms with van der Waals surface area (Å²) >= 11 is 0. The van der Waals surface area contributed by atoms with Crippen LogP contribution >= 0.6 is 0 Å². The lowest BCUT2D eigenvalue weighted by Gasteiger charge is -2.35. The van der Waals surface area contributed by atoms with E-state index in [1.165, 1.54) is 19.3 Å². The first kappa shape index (κ1) is 20.3. The highest BCUT2D eigenvalue weighted by molar-refractivity contribution is 7.89. The Morgan fingerprint density at radius 3 is 2.26 bits per heavy atom. The Labute approximate surface area is 163 Å². The molecule has 0 radical (unpaired) electrons. The number of amides is 1. The third kappa shape index (κ3) is 5.32. The largest absolute Gasteiger partial charge is 0.354 e. The van der Waals surface area contributed by atoms with E-state index in [1.54, 1.807) is 28.6 Å². The van der Waals surface area contributed by atoms with Crippen LogP contribution in [-0.2, 0) is 14.8 Å². The van der Waals surface area contributed by atoms with E-state index in [4.69, 9.17) is 0 Å². The summed E-state index contributed by atoms with van der Waals surface area (Å²) in [4.78, 5) is 13.0. The Hall–Kier alpha value is -1.40. The first-order valence-corrected chi connectivity index (χ1v) is 11.9. The summed E-state index contributed by atoms with van der Waals surface area (Å²) in [6.45, 7) is 0.947. The minimum atomic E-state index is -3.51. The number of sulfonamides is 1. The van der Waals surface area contributed by atoms with Crippen molar-refractivity contribution in [3.05, 3.63) is 30.3 Å². The number of hydrogen-bond acceptors (Lipinski definition) is 3. The fraction of sp³-hybridized carbons (Fsp3) is 0.667. The number of benzene rings is 1. The van der Waals surface area contributed by atoms with Crippen LogP contribution in [0.3, 0.4) is 0 Å². The van der Waals surface area contributed by atoms with Gasteiger partial charge < -0.3 is 5.32 Å². The summed E-state index contributed by atoms with van der Waals surface area (Å²) in [5, 5.41) is 3.08. The van der Waals surface area contributed by atoms with Crippen LogP contribution in [0.1, 0.15) is 64.2 Å². The SMILES string of the molecule is O=C(NCC1CCCCN1S(=O)(=O)c1ccccc1)C1CCCCCCC1. The lowest BCUT2D eigenvalue weighted by Crippen LogP contribution is -2.50. The van der Waals surface area contributed by atoms with E-state index >= 15 is 0 Å². The first-order valence-electron chi connectivity index (χ1n) is 10.4. The molecule has 1 N–H and O–H groups in total. The van der Waals surface area contributed by atoms with Crippen molar-refractivity contribution < 1.29 is 13.2 Å². The quantitative estimate of drug-likeness (QED) is 0.831. The van der Waals surface area contributed by atoms with E-state index < -0.39 is 10.0 Å². The van der Waals surface area contributed by atoms with Crippen molar-refractivity contribution in [2.24, 2.45) is 5.92 Å². The smallest absolute Gasteiger partial charge is 0.243 e. The van der Waals surface area contributed by atoms with Gasteiger partial charge in [0.15, 0.2) is 0 Å². The highest BCUT2D eigenvalue weighted by Crippen LogP contribution is 2.26. The van der Waals surface area contributed by atoms with Crippen LogP contribution in [0.15, 0.2) is 35.2 Å². The lowest BCUT2D eigenvalue weighted by molar-refractivity contribution is -0.125. The summed E-state index contributed by atoms with van der Waals surface area (Å²) in [5.74, 6) is 0.201. The van der Waals surface area contributed by atoms with Gasteiger partial charge in [-0.1, -0.05) is 56.7 Å². The normalized spacial score (nSPS) is 23.3. The van der Waals surface area contributed by atoms with Crippen LogP contribution < -0.4 is 5.32 Å². The zero-order valence-electron chi connectivity index (χ0n) is 16.1. The van der Waals surface area contributed by atoms with E-state index in [1.807, 2.05) is 6.07 Å². The van der Waals surface area contributed by atoms with Crippen molar-refractivity contribution in [3.8, 4) is 0 Å². The molecule has 1 aliphatic heterocycles. The van der Waals surface area contributed by atoms with Gasteiger partial charge >= 0.3 is 0 Å². The highest BCUT2D eigenvalue weighted by Gasteiger charge is 2.33. The van der Waals surface area contributed by atoms with Gasteiger partial charge in [0.1, 0.15) is 0 Å². The van der Waals surface area contributed by atoms with Crippen molar-refractivity contribution in [2.75, 3.05) is 13.1 Å². The average Bonchev–Trinajstić information content (AvgIpc) is 2.67. The number of rotatable bonds is 5. The molecule has 1 unspecified atom stereocenters. The summed E-state index contributed by atoms with van der Waals surface area (Å²) in [5.41, 5.74) is 0. The van der Waals surface area contributed by atoms with Crippen molar-refractivity contribution in [3.63, 3.8) is 0 Å². The second-order valence-corrected chi connectivity index (χ2v) is 9.76. The van der Waals surface area contributed by atoms with Crippen LogP contribution in [0.2, 0.25) is 0 Å². The van der Waals surface area contributed by atoms with Crippen molar-refractivity contribution >= 4 is 15.9 Å². The second-order valence-electron chi connectivity index (χ2n) is 7.87. The number of carbonyl (C=O) groups is 1. The minimum absolute atomic E-state index is 0.0908. The van der Waals surface area contributed by atoms with Gasteiger partial charge in [0.05, 0.1) is 4.90 Å². The lowest BCUT2D eigenvalue weighted by atomic mass is 9.90. The number of carbonyl (C=O) groups excluding carboxylic acids is 1. The van der Waals surface area contributed by atoms with Crippen LogP contribution in [0.25, 0.3) is 0 Å². The molecule has 1 amide bonds. The molecule has 6 heteroatoms. The fourth-order valence-electron chi connectivity index (χ4n) is 4.30. The molecule has 1 aromatic rings. The Morgan fingerprint density at radius 2 is 1.56 bits per heavy atom. The zero-order chi connectivity index (χ0) is 19.1. The molecule has 3 rings (SSSR count). The van der Waals surface area contributed by atoms with Crippen LogP contribution in [0, 0.1) is 5.92 Å². The molecule has 1 saturated carbocycles. The summed E-state index contributed by atoms with van der Waals surface area (Å²) in [6.07, 6.45) is 10.6. The van der Waals surface area contributed by atoms with Gasteiger partial charge in [0.2, 0.25) is 15.9 Å². The maximum absolute atomic E-state index is 13.0.